The van der Waals surface area contributed by atoms with E-state index in [4.69, 9.17) is 10.8 Å². The minimum atomic E-state index is -0.713. The molecule has 0 saturated heterocycles. The average Bonchev–Trinajstić information content (AvgIpc) is 2.08. The summed E-state index contributed by atoms with van der Waals surface area (Å²) in [6.45, 7) is -0.297. The summed E-state index contributed by atoms with van der Waals surface area (Å²) in [5.74, 6) is -0.639. The Bertz CT molecular complexity index is 282. The van der Waals surface area contributed by atoms with Crippen molar-refractivity contribution in [3.63, 3.8) is 0 Å². The molecule has 0 aromatic carbocycles. The summed E-state index contributed by atoms with van der Waals surface area (Å²) in [5, 5.41) is 8.67. The van der Waals surface area contributed by atoms with Crippen LogP contribution in [0.3, 0.4) is 0 Å². The Morgan fingerprint density at radius 2 is 2.42 bits per heavy atom. The van der Waals surface area contributed by atoms with Crippen molar-refractivity contribution in [2.24, 2.45) is 5.73 Å². The van der Waals surface area contributed by atoms with E-state index in [1.54, 1.807) is 0 Å². The van der Waals surface area contributed by atoms with Crippen LogP contribution in [0.1, 0.15) is 11.6 Å². The molecule has 1 aromatic rings. The van der Waals surface area contributed by atoms with Gasteiger partial charge in [-0.25, -0.2) is 4.98 Å². The number of hydrogen-bond donors (Lipinski definition) is 2. The lowest BCUT2D eigenvalue weighted by atomic mass is 10.1. The first-order valence-corrected chi connectivity index (χ1v) is 4.12. The predicted molar refractivity (Wildman–Crippen MR) is 45.9 cm³/mol. The Hall–Kier alpha value is -0.520. The lowest BCUT2D eigenvalue weighted by molar-refractivity contribution is 0.264. The second kappa shape index (κ2) is 3.93. The standard InChI is InChI=1S/C7H8BrFN2O/c8-4-1-5(6(10)3-12)7(9)11-2-4/h1-2,6,12H,3,10H2. The van der Waals surface area contributed by atoms with E-state index in [0.717, 1.165) is 0 Å². The van der Waals surface area contributed by atoms with E-state index in [-0.39, 0.29) is 12.2 Å². The number of aliphatic hydroxyl groups excluding tert-OH is 1. The number of aromatic nitrogens is 1. The Morgan fingerprint density at radius 1 is 1.75 bits per heavy atom. The maximum Gasteiger partial charge on any atom is 0.217 e. The van der Waals surface area contributed by atoms with Crippen LogP contribution in [0.15, 0.2) is 16.7 Å². The third kappa shape index (κ3) is 2.00. The van der Waals surface area contributed by atoms with Gasteiger partial charge in [0.15, 0.2) is 0 Å². The number of aliphatic hydroxyl groups is 1. The van der Waals surface area contributed by atoms with E-state index in [0.29, 0.717) is 4.47 Å². The number of pyridine rings is 1. The maximum atomic E-state index is 12.9. The minimum absolute atomic E-state index is 0.215. The fourth-order valence-electron chi connectivity index (χ4n) is 0.797. The molecule has 3 N–H and O–H groups in total. The zero-order valence-electron chi connectivity index (χ0n) is 6.17. The van der Waals surface area contributed by atoms with Gasteiger partial charge in [-0.05, 0) is 22.0 Å². The van der Waals surface area contributed by atoms with Crippen LogP contribution in [-0.2, 0) is 0 Å². The van der Waals surface area contributed by atoms with E-state index in [2.05, 4.69) is 20.9 Å². The highest BCUT2D eigenvalue weighted by Crippen LogP contribution is 2.17. The van der Waals surface area contributed by atoms with E-state index in [1.807, 2.05) is 0 Å². The first kappa shape index (κ1) is 9.57. The molecule has 0 aliphatic carbocycles. The highest BCUT2D eigenvalue weighted by atomic mass is 79.9. The van der Waals surface area contributed by atoms with E-state index in [9.17, 15) is 4.39 Å². The summed E-state index contributed by atoms with van der Waals surface area (Å²) in [5.41, 5.74) is 5.63. The number of halogens is 2. The lowest BCUT2D eigenvalue weighted by Gasteiger charge is -2.08. The second-order valence-corrected chi connectivity index (χ2v) is 3.24. The van der Waals surface area contributed by atoms with Crippen molar-refractivity contribution >= 4 is 15.9 Å². The minimum Gasteiger partial charge on any atom is -0.394 e. The van der Waals surface area contributed by atoms with Gasteiger partial charge in [-0.3, -0.25) is 0 Å². The van der Waals surface area contributed by atoms with E-state index < -0.39 is 12.0 Å². The first-order chi connectivity index (χ1) is 5.65. The van der Waals surface area contributed by atoms with Crippen LogP contribution in [0.2, 0.25) is 0 Å². The molecule has 1 heterocycles. The van der Waals surface area contributed by atoms with Crippen molar-refractivity contribution in [3.8, 4) is 0 Å². The molecule has 1 aromatic heterocycles. The van der Waals surface area contributed by atoms with Crippen LogP contribution in [0.5, 0.6) is 0 Å². The van der Waals surface area contributed by atoms with E-state index in [1.165, 1.54) is 12.3 Å². The number of nitrogens with zero attached hydrogens (tertiary/aromatic N) is 1. The molecule has 5 heteroatoms. The van der Waals surface area contributed by atoms with Gasteiger partial charge in [0.2, 0.25) is 5.95 Å². The molecular formula is C7H8BrFN2O. The molecule has 0 amide bonds. The molecule has 0 fully saturated rings. The fourth-order valence-corrected chi connectivity index (χ4v) is 1.15. The summed E-state index contributed by atoms with van der Waals surface area (Å²) in [7, 11) is 0. The van der Waals surface area contributed by atoms with Crippen LogP contribution in [0.25, 0.3) is 0 Å². The molecule has 0 radical (unpaired) electrons. The highest BCUT2D eigenvalue weighted by molar-refractivity contribution is 9.10. The normalized spacial score (nSPS) is 13.0. The van der Waals surface area contributed by atoms with Crippen LogP contribution in [0, 0.1) is 5.95 Å². The van der Waals surface area contributed by atoms with Gasteiger partial charge >= 0.3 is 0 Å². The van der Waals surface area contributed by atoms with Crippen LogP contribution >= 0.6 is 15.9 Å². The van der Waals surface area contributed by atoms with Crippen molar-refractivity contribution in [1.82, 2.24) is 4.98 Å². The quantitative estimate of drug-likeness (QED) is 0.751. The summed E-state index contributed by atoms with van der Waals surface area (Å²) in [4.78, 5) is 3.44. The molecule has 1 rings (SSSR count). The Balaban J connectivity index is 3.04. The predicted octanol–water partition coefficient (Wildman–Crippen LogP) is 0.975. The van der Waals surface area contributed by atoms with Gasteiger partial charge in [-0.2, -0.15) is 4.39 Å². The highest BCUT2D eigenvalue weighted by Gasteiger charge is 2.11. The second-order valence-electron chi connectivity index (χ2n) is 2.32. The van der Waals surface area contributed by atoms with Gasteiger partial charge in [0.25, 0.3) is 0 Å². The van der Waals surface area contributed by atoms with Gasteiger partial charge in [0.1, 0.15) is 0 Å². The zero-order chi connectivity index (χ0) is 9.14. The third-order valence-corrected chi connectivity index (χ3v) is 1.86. The zero-order valence-corrected chi connectivity index (χ0v) is 7.75. The largest absolute Gasteiger partial charge is 0.394 e. The summed E-state index contributed by atoms with van der Waals surface area (Å²) >= 11 is 3.13. The number of rotatable bonds is 2. The number of hydrogen-bond acceptors (Lipinski definition) is 3. The molecular weight excluding hydrogens is 227 g/mol. The summed E-state index contributed by atoms with van der Waals surface area (Å²) in [6, 6.07) is 0.790. The van der Waals surface area contributed by atoms with Gasteiger partial charge < -0.3 is 10.8 Å². The van der Waals surface area contributed by atoms with Gasteiger partial charge in [0.05, 0.1) is 12.6 Å². The van der Waals surface area contributed by atoms with Gasteiger partial charge in [0, 0.05) is 16.2 Å². The monoisotopic (exact) mass is 234 g/mol. The Labute approximate surface area is 77.5 Å². The molecule has 1 atom stereocenters. The fraction of sp³-hybridized carbons (Fsp3) is 0.286. The maximum absolute atomic E-state index is 12.9. The van der Waals surface area contributed by atoms with Crippen molar-refractivity contribution in [2.75, 3.05) is 6.61 Å². The van der Waals surface area contributed by atoms with Gasteiger partial charge in [-0.15, -0.1) is 0 Å². The van der Waals surface area contributed by atoms with Crippen molar-refractivity contribution < 1.29 is 9.50 Å². The van der Waals surface area contributed by atoms with Crippen molar-refractivity contribution in [1.29, 1.82) is 0 Å². The SMILES string of the molecule is NC(CO)c1cc(Br)cnc1F. The molecule has 0 aliphatic heterocycles. The Morgan fingerprint density at radius 3 is 3.00 bits per heavy atom. The first-order valence-electron chi connectivity index (χ1n) is 3.32. The van der Waals surface area contributed by atoms with Crippen molar-refractivity contribution in [2.45, 2.75) is 6.04 Å². The molecule has 12 heavy (non-hydrogen) atoms. The molecule has 0 bridgehead atoms. The molecule has 1 unspecified atom stereocenters. The average molecular weight is 235 g/mol. The molecule has 0 saturated carbocycles. The lowest BCUT2D eigenvalue weighted by Crippen LogP contribution is -2.16. The van der Waals surface area contributed by atoms with Gasteiger partial charge in [-0.1, -0.05) is 0 Å². The molecule has 3 nitrogen and oxygen atoms in total. The Kier molecular flexibility index (Phi) is 3.13. The van der Waals surface area contributed by atoms with Crippen molar-refractivity contribution in [3.05, 3.63) is 28.2 Å². The smallest absolute Gasteiger partial charge is 0.217 e. The topological polar surface area (TPSA) is 59.1 Å². The molecule has 66 valence electrons. The molecule has 0 spiro atoms. The van der Waals surface area contributed by atoms with Crippen LogP contribution < -0.4 is 5.73 Å². The summed E-state index contributed by atoms with van der Waals surface area (Å²) < 4.78 is 13.5. The molecule has 0 aliphatic rings. The van der Waals surface area contributed by atoms with Crippen LogP contribution in [-0.4, -0.2) is 16.7 Å². The number of nitrogens with two attached hydrogens (primary N) is 1. The summed E-state index contributed by atoms with van der Waals surface area (Å²) in [6.07, 6.45) is 1.34. The third-order valence-electron chi connectivity index (χ3n) is 1.43. The van der Waals surface area contributed by atoms with Crippen LogP contribution in [0.4, 0.5) is 4.39 Å². The van der Waals surface area contributed by atoms with E-state index >= 15 is 0 Å².